The molecule has 376 valence electrons. The number of aromatic nitrogens is 1. The SMILES string of the molecule is C[Si](c1ccccc1)(c1cccc(-n2c3ccccc3c3ccccc32)c1)c1cccc2c1sc1ccccc12.c1cc(-c2ccc3cc(-c4ccc5ccccc5c4)ccc3c2)cc(-c2cc3ccccc3c3ccccc23)c1. The lowest BCUT2D eigenvalue weighted by molar-refractivity contribution is 1.18. The minimum atomic E-state index is -2.39. The monoisotopic (exact) mass is 1050 g/mol. The maximum Gasteiger partial charge on any atom is 0.147 e. The highest BCUT2D eigenvalue weighted by molar-refractivity contribution is 7.29. The third-order valence-electron chi connectivity index (χ3n) is 16.8. The summed E-state index contributed by atoms with van der Waals surface area (Å²) in [7, 11) is -2.39. The summed E-state index contributed by atoms with van der Waals surface area (Å²) in [6.07, 6.45) is 0. The van der Waals surface area contributed by atoms with E-state index in [1.54, 1.807) is 0 Å². The first-order valence-corrected chi connectivity index (χ1v) is 30.9. The number of rotatable bonds is 7. The first-order chi connectivity index (χ1) is 39.5. The molecule has 0 fully saturated rings. The van der Waals surface area contributed by atoms with Gasteiger partial charge in [-0.2, -0.15) is 0 Å². The highest BCUT2D eigenvalue weighted by atomic mass is 32.1. The van der Waals surface area contributed by atoms with Gasteiger partial charge in [0.25, 0.3) is 0 Å². The van der Waals surface area contributed by atoms with Crippen LogP contribution in [0.3, 0.4) is 0 Å². The van der Waals surface area contributed by atoms with E-state index in [0.29, 0.717) is 0 Å². The molecule has 1 nitrogen and oxygen atoms in total. The van der Waals surface area contributed by atoms with Crippen LogP contribution in [0.2, 0.25) is 6.55 Å². The molecule has 80 heavy (non-hydrogen) atoms. The molecule has 0 spiro atoms. The molecule has 14 aromatic carbocycles. The third-order valence-corrected chi connectivity index (χ3v) is 22.6. The van der Waals surface area contributed by atoms with Crippen molar-refractivity contribution in [1.82, 2.24) is 4.57 Å². The standard InChI is InChI=1S/C40H26.C37H27NSSi/c1-2-9-28-22-31(17-16-27(28)8-1)33-21-20-32-23-30(18-19-34(32)24-33)29-11-7-12-35(25-29)40-26-36-10-3-4-13-37(36)38-14-5-6-15-39(38)40;1-40(27-14-3-2-4-15-27,36-24-12-20-32-31-19-7-10-23-35(31)39-37(32)36)28-16-11-13-26(25-28)38-33-21-8-5-17-29(33)30-18-6-9-22-34(30)38/h1-26H;2-25H,1H3. The summed E-state index contributed by atoms with van der Waals surface area (Å²) in [5.41, 5.74) is 11.2. The van der Waals surface area contributed by atoms with Gasteiger partial charge in [-0.3, -0.25) is 0 Å². The third kappa shape index (κ3) is 8.13. The van der Waals surface area contributed by atoms with Crippen molar-refractivity contribution in [2.75, 3.05) is 0 Å². The van der Waals surface area contributed by atoms with Crippen LogP contribution in [-0.4, -0.2) is 12.6 Å². The van der Waals surface area contributed by atoms with Crippen LogP contribution in [0.5, 0.6) is 0 Å². The molecule has 1 unspecified atom stereocenters. The predicted octanol–water partition coefficient (Wildman–Crippen LogP) is 19.6. The van der Waals surface area contributed by atoms with Crippen LogP contribution in [0.15, 0.2) is 303 Å². The highest BCUT2D eigenvalue weighted by Crippen LogP contribution is 2.39. The highest BCUT2D eigenvalue weighted by Gasteiger charge is 2.36. The Labute approximate surface area is 470 Å². The number of nitrogens with zero attached hydrogens (tertiary/aromatic N) is 1. The van der Waals surface area contributed by atoms with Crippen molar-refractivity contribution >= 4 is 120 Å². The van der Waals surface area contributed by atoms with Crippen LogP contribution in [0.1, 0.15) is 0 Å². The largest absolute Gasteiger partial charge is 0.309 e. The molecular weight excluding hydrogens is 999 g/mol. The smallest absolute Gasteiger partial charge is 0.147 e. The van der Waals surface area contributed by atoms with Crippen molar-refractivity contribution in [3.63, 3.8) is 0 Å². The lowest BCUT2D eigenvalue weighted by Gasteiger charge is -2.30. The average molecular weight is 1050 g/mol. The van der Waals surface area contributed by atoms with Crippen LogP contribution >= 0.6 is 11.3 Å². The summed E-state index contributed by atoms with van der Waals surface area (Å²) >= 11 is 1.94. The van der Waals surface area contributed by atoms with Gasteiger partial charge >= 0.3 is 0 Å². The quantitative estimate of drug-likeness (QED) is 0.0852. The van der Waals surface area contributed by atoms with Gasteiger partial charge in [0.05, 0.1) is 11.0 Å². The molecule has 1 atom stereocenters. The van der Waals surface area contributed by atoms with Crippen LogP contribution in [0, 0.1) is 0 Å². The fraction of sp³-hybridized carbons (Fsp3) is 0.0130. The summed E-state index contributed by atoms with van der Waals surface area (Å²) in [5.74, 6) is 0. The van der Waals surface area contributed by atoms with Crippen molar-refractivity contribution in [3.05, 3.63) is 303 Å². The molecule has 0 saturated carbocycles. The van der Waals surface area contributed by atoms with E-state index < -0.39 is 8.07 Å². The number of thiophene rings is 1. The van der Waals surface area contributed by atoms with E-state index >= 15 is 0 Å². The van der Waals surface area contributed by atoms with Crippen molar-refractivity contribution in [2.24, 2.45) is 0 Å². The van der Waals surface area contributed by atoms with Crippen molar-refractivity contribution < 1.29 is 0 Å². The number of benzene rings is 14. The van der Waals surface area contributed by atoms with Crippen LogP contribution < -0.4 is 15.6 Å². The summed E-state index contributed by atoms with van der Waals surface area (Å²) in [6, 6.07) is 112. The Balaban J connectivity index is 0.000000138. The summed E-state index contributed by atoms with van der Waals surface area (Å²) in [6.45, 7) is 2.53. The van der Waals surface area contributed by atoms with Crippen molar-refractivity contribution in [1.29, 1.82) is 0 Å². The van der Waals surface area contributed by atoms with Gasteiger partial charge < -0.3 is 4.57 Å². The minimum absolute atomic E-state index is 1.22. The van der Waals surface area contributed by atoms with Crippen molar-refractivity contribution in [2.45, 2.75) is 6.55 Å². The fourth-order valence-electron chi connectivity index (χ4n) is 12.7. The van der Waals surface area contributed by atoms with E-state index in [2.05, 4.69) is 314 Å². The summed E-state index contributed by atoms with van der Waals surface area (Å²) < 4.78 is 5.21. The van der Waals surface area contributed by atoms with E-state index in [-0.39, 0.29) is 0 Å². The van der Waals surface area contributed by atoms with Gasteiger partial charge in [-0.15, -0.1) is 11.3 Å². The molecular formula is C77H53NSSi. The van der Waals surface area contributed by atoms with Gasteiger partial charge in [-0.25, -0.2) is 0 Å². The molecule has 16 aromatic rings. The maximum atomic E-state index is 2.53. The van der Waals surface area contributed by atoms with E-state index in [0.717, 1.165) is 0 Å². The number of hydrogen-bond acceptors (Lipinski definition) is 1. The number of fused-ring (bicyclic) bond motifs is 11. The summed E-state index contributed by atoms with van der Waals surface area (Å²) in [5, 5.41) is 19.9. The lowest BCUT2D eigenvalue weighted by Crippen LogP contribution is -2.64. The normalized spacial score (nSPS) is 12.4. The second kappa shape index (κ2) is 19.7. The van der Waals surface area contributed by atoms with Gasteiger partial charge in [0.2, 0.25) is 0 Å². The molecule has 0 radical (unpaired) electrons. The zero-order valence-corrected chi connectivity index (χ0v) is 46.0. The first kappa shape index (κ1) is 47.6. The molecule has 0 bridgehead atoms. The van der Waals surface area contributed by atoms with E-state index in [9.17, 15) is 0 Å². The van der Waals surface area contributed by atoms with Gasteiger partial charge in [0.15, 0.2) is 0 Å². The van der Waals surface area contributed by atoms with E-state index in [1.807, 2.05) is 11.3 Å². The Kier molecular flexibility index (Phi) is 11.7. The Hall–Kier alpha value is -9.64. The second-order valence-corrected chi connectivity index (χ2v) is 26.3. The number of para-hydroxylation sites is 2. The zero-order chi connectivity index (χ0) is 53.2. The van der Waals surface area contributed by atoms with Gasteiger partial charge in [-0.1, -0.05) is 249 Å². The van der Waals surface area contributed by atoms with Crippen molar-refractivity contribution in [3.8, 4) is 39.1 Å². The van der Waals surface area contributed by atoms with Crippen LogP contribution in [0.25, 0.3) is 124 Å². The fourth-order valence-corrected chi connectivity index (χ4v) is 18.3. The zero-order valence-electron chi connectivity index (χ0n) is 44.2. The Morgan fingerprint density at radius 2 is 0.775 bits per heavy atom. The molecule has 0 aliphatic rings. The average Bonchev–Trinajstić information content (AvgIpc) is 4.12. The van der Waals surface area contributed by atoms with Gasteiger partial charge in [0, 0.05) is 36.6 Å². The maximum absolute atomic E-state index is 2.53. The molecule has 0 amide bonds. The molecule has 0 aliphatic carbocycles. The van der Waals surface area contributed by atoms with Gasteiger partial charge in [0.1, 0.15) is 8.07 Å². The molecule has 2 aromatic heterocycles. The molecule has 0 saturated heterocycles. The summed E-state index contributed by atoms with van der Waals surface area (Å²) in [4.78, 5) is 0. The van der Waals surface area contributed by atoms with Gasteiger partial charge in [-0.05, 0) is 153 Å². The molecule has 0 N–H and O–H groups in total. The van der Waals surface area contributed by atoms with Crippen LogP contribution in [0.4, 0.5) is 0 Å². The molecule has 0 aliphatic heterocycles. The van der Waals surface area contributed by atoms with E-state index in [1.165, 1.54) is 140 Å². The Morgan fingerprint density at radius 1 is 0.287 bits per heavy atom. The Morgan fingerprint density at radius 3 is 1.49 bits per heavy atom. The van der Waals surface area contributed by atoms with Crippen LogP contribution in [-0.2, 0) is 0 Å². The first-order valence-electron chi connectivity index (χ1n) is 27.6. The second-order valence-electron chi connectivity index (χ2n) is 21.3. The molecule has 3 heteroatoms. The van der Waals surface area contributed by atoms with E-state index in [4.69, 9.17) is 0 Å². The topological polar surface area (TPSA) is 4.93 Å². The molecule has 2 heterocycles. The Bertz CT molecular complexity index is 4990. The number of hydrogen-bond donors (Lipinski definition) is 0. The predicted molar refractivity (Wildman–Crippen MR) is 350 cm³/mol. The molecule has 16 rings (SSSR count). The lowest BCUT2D eigenvalue weighted by atomic mass is 9.91. The minimum Gasteiger partial charge on any atom is -0.309 e.